The van der Waals surface area contributed by atoms with Gasteiger partial charge in [0.25, 0.3) is 0 Å². The predicted octanol–water partition coefficient (Wildman–Crippen LogP) is 2.59. The Morgan fingerprint density at radius 1 is 1.23 bits per heavy atom. The van der Waals surface area contributed by atoms with Crippen LogP contribution in [0.1, 0.15) is 6.92 Å². The van der Waals surface area contributed by atoms with Gasteiger partial charge in [0.15, 0.2) is 5.82 Å². The molecule has 0 saturated carbocycles. The maximum atomic E-state index is 12.0. The molecule has 22 heavy (non-hydrogen) atoms. The van der Waals surface area contributed by atoms with E-state index in [2.05, 4.69) is 20.6 Å². The minimum absolute atomic E-state index is 0.278. The van der Waals surface area contributed by atoms with Gasteiger partial charge in [-0.1, -0.05) is 18.2 Å². The van der Waals surface area contributed by atoms with Gasteiger partial charge in [-0.25, -0.2) is 9.78 Å². The molecule has 1 heterocycles. The van der Waals surface area contributed by atoms with Crippen LogP contribution < -0.4 is 20.3 Å². The Bertz CT molecular complexity index is 631. The second-order valence-electron chi connectivity index (χ2n) is 4.66. The van der Waals surface area contributed by atoms with Crippen LogP contribution in [0.2, 0.25) is 0 Å². The number of carbonyl (C=O) groups excluding carboxylic acids is 1. The van der Waals surface area contributed by atoms with Gasteiger partial charge in [-0.2, -0.15) is 4.98 Å². The first kappa shape index (κ1) is 15.6. The quantitative estimate of drug-likeness (QED) is 0.887. The van der Waals surface area contributed by atoms with Crippen LogP contribution in [-0.4, -0.2) is 36.7 Å². The third-order valence-electron chi connectivity index (χ3n) is 2.72. The third-order valence-corrected chi connectivity index (χ3v) is 2.72. The molecular weight excluding hydrogens is 282 g/mol. The highest BCUT2D eigenvalue weighted by atomic mass is 16.5. The van der Waals surface area contributed by atoms with Gasteiger partial charge in [0, 0.05) is 19.8 Å². The van der Waals surface area contributed by atoms with E-state index in [1.54, 1.807) is 17.0 Å². The third kappa shape index (κ3) is 4.08. The lowest BCUT2D eigenvalue weighted by atomic mass is 10.3. The summed E-state index contributed by atoms with van der Waals surface area (Å²) in [4.78, 5) is 22.2. The number of anilines is 3. The molecule has 2 rings (SSSR count). The first-order chi connectivity index (χ1) is 10.6. The summed E-state index contributed by atoms with van der Waals surface area (Å²) in [6.07, 6.45) is 1.53. The fourth-order valence-corrected chi connectivity index (χ4v) is 1.79. The number of aromatic nitrogens is 2. The topological polar surface area (TPSA) is 79.4 Å². The number of ether oxygens (including phenoxy) is 1. The number of nitrogens with zero attached hydrogens (tertiary/aromatic N) is 3. The van der Waals surface area contributed by atoms with E-state index in [0.29, 0.717) is 23.8 Å². The van der Waals surface area contributed by atoms with E-state index in [-0.39, 0.29) is 12.0 Å². The lowest BCUT2D eigenvalue weighted by molar-refractivity contribution is 0.262. The summed E-state index contributed by atoms with van der Waals surface area (Å²) in [5.74, 6) is 0.571. The van der Waals surface area contributed by atoms with Crippen LogP contribution in [0.4, 0.5) is 22.0 Å². The summed E-state index contributed by atoms with van der Waals surface area (Å²) in [6, 6.07) is 9.11. The highest BCUT2D eigenvalue weighted by Crippen LogP contribution is 2.23. The molecular formula is C15H19N5O2. The zero-order valence-corrected chi connectivity index (χ0v) is 12.8. The summed E-state index contributed by atoms with van der Waals surface area (Å²) in [5, 5.41) is 5.48. The zero-order chi connectivity index (χ0) is 15.9. The summed E-state index contributed by atoms with van der Waals surface area (Å²) in [7, 11) is 3.66. The monoisotopic (exact) mass is 301 g/mol. The minimum Gasteiger partial charge on any atom is -0.464 e. The molecule has 1 aromatic heterocycles. The molecule has 0 radical (unpaired) electrons. The maximum absolute atomic E-state index is 12.0. The molecule has 116 valence electrons. The standard InChI is InChI=1S/C15H19N5O2/c1-4-22-15-16-10-12(13(19-15)20(2)3)18-14(21)17-11-8-6-5-7-9-11/h5-10H,4H2,1-3H3,(H2,17,18,21). The molecule has 0 aliphatic carbocycles. The summed E-state index contributed by atoms with van der Waals surface area (Å²) >= 11 is 0. The van der Waals surface area contributed by atoms with Crippen LogP contribution in [0, 0.1) is 0 Å². The van der Waals surface area contributed by atoms with Crippen molar-refractivity contribution < 1.29 is 9.53 Å². The molecule has 0 fully saturated rings. The first-order valence-electron chi connectivity index (χ1n) is 6.90. The Balaban J connectivity index is 2.12. The van der Waals surface area contributed by atoms with Gasteiger partial charge < -0.3 is 20.3 Å². The number of urea groups is 1. The average molecular weight is 301 g/mol. The Morgan fingerprint density at radius 3 is 2.59 bits per heavy atom. The molecule has 1 aromatic carbocycles. The van der Waals surface area contributed by atoms with Gasteiger partial charge >= 0.3 is 12.0 Å². The molecule has 0 spiro atoms. The Morgan fingerprint density at radius 2 is 1.95 bits per heavy atom. The van der Waals surface area contributed by atoms with E-state index in [1.165, 1.54) is 6.20 Å². The van der Waals surface area contributed by atoms with Gasteiger partial charge in [0.1, 0.15) is 5.69 Å². The van der Waals surface area contributed by atoms with Crippen molar-refractivity contribution in [1.82, 2.24) is 9.97 Å². The molecule has 0 atom stereocenters. The zero-order valence-electron chi connectivity index (χ0n) is 12.8. The van der Waals surface area contributed by atoms with Gasteiger partial charge in [-0.15, -0.1) is 0 Å². The van der Waals surface area contributed by atoms with Gasteiger partial charge in [0.05, 0.1) is 12.8 Å². The molecule has 0 aliphatic heterocycles. The van der Waals surface area contributed by atoms with E-state index in [4.69, 9.17) is 4.74 Å². The average Bonchev–Trinajstić information content (AvgIpc) is 2.49. The van der Waals surface area contributed by atoms with Gasteiger partial charge in [0.2, 0.25) is 0 Å². The van der Waals surface area contributed by atoms with Crippen molar-refractivity contribution in [2.45, 2.75) is 6.92 Å². The summed E-state index contributed by atoms with van der Waals surface area (Å²) in [5.41, 5.74) is 1.21. The van der Waals surface area contributed by atoms with Crippen molar-refractivity contribution in [3.8, 4) is 6.01 Å². The molecule has 0 unspecified atom stereocenters. The SMILES string of the molecule is CCOc1ncc(NC(=O)Nc2ccccc2)c(N(C)C)n1. The lowest BCUT2D eigenvalue weighted by Crippen LogP contribution is -2.22. The van der Waals surface area contributed by atoms with E-state index in [9.17, 15) is 4.79 Å². The molecule has 0 aliphatic rings. The van der Waals surface area contributed by atoms with Crippen LogP contribution in [-0.2, 0) is 0 Å². The van der Waals surface area contributed by atoms with Gasteiger partial charge in [-0.3, -0.25) is 0 Å². The van der Waals surface area contributed by atoms with E-state index < -0.39 is 0 Å². The maximum Gasteiger partial charge on any atom is 0.323 e. The van der Waals surface area contributed by atoms with Crippen LogP contribution in [0.15, 0.2) is 36.5 Å². The van der Waals surface area contributed by atoms with E-state index in [1.807, 2.05) is 39.2 Å². The molecule has 2 aromatic rings. The van der Waals surface area contributed by atoms with Crippen molar-refractivity contribution in [3.05, 3.63) is 36.5 Å². The van der Waals surface area contributed by atoms with E-state index >= 15 is 0 Å². The lowest BCUT2D eigenvalue weighted by Gasteiger charge is -2.17. The predicted molar refractivity (Wildman–Crippen MR) is 86.6 cm³/mol. The summed E-state index contributed by atoms with van der Waals surface area (Å²) < 4.78 is 5.28. The molecule has 0 bridgehead atoms. The minimum atomic E-state index is -0.359. The number of hydrogen-bond donors (Lipinski definition) is 2. The van der Waals surface area contributed by atoms with Crippen molar-refractivity contribution >= 4 is 23.2 Å². The van der Waals surface area contributed by atoms with E-state index in [0.717, 1.165) is 0 Å². The Hall–Kier alpha value is -2.83. The molecule has 7 heteroatoms. The van der Waals surface area contributed by atoms with Gasteiger partial charge in [-0.05, 0) is 19.1 Å². The van der Waals surface area contributed by atoms with Crippen molar-refractivity contribution in [2.24, 2.45) is 0 Å². The number of amides is 2. The number of para-hydroxylation sites is 1. The number of rotatable bonds is 5. The van der Waals surface area contributed by atoms with Crippen LogP contribution in [0.25, 0.3) is 0 Å². The normalized spacial score (nSPS) is 9.95. The van der Waals surface area contributed by atoms with Crippen molar-refractivity contribution in [1.29, 1.82) is 0 Å². The Kier molecular flexibility index (Phi) is 5.13. The number of nitrogens with one attached hydrogen (secondary N) is 2. The van der Waals surface area contributed by atoms with Crippen molar-refractivity contribution in [2.75, 3.05) is 36.2 Å². The highest BCUT2D eigenvalue weighted by molar-refractivity contribution is 6.01. The fraction of sp³-hybridized carbons (Fsp3) is 0.267. The van der Waals surface area contributed by atoms with Crippen LogP contribution in [0.5, 0.6) is 6.01 Å². The number of carbonyl (C=O) groups is 1. The largest absolute Gasteiger partial charge is 0.464 e. The molecule has 0 saturated heterocycles. The number of hydrogen-bond acceptors (Lipinski definition) is 5. The Labute approximate surface area is 129 Å². The van der Waals surface area contributed by atoms with Crippen LogP contribution in [0.3, 0.4) is 0 Å². The smallest absolute Gasteiger partial charge is 0.323 e. The second kappa shape index (κ2) is 7.26. The molecule has 7 nitrogen and oxygen atoms in total. The fourth-order valence-electron chi connectivity index (χ4n) is 1.79. The molecule has 2 amide bonds. The highest BCUT2D eigenvalue weighted by Gasteiger charge is 2.12. The second-order valence-corrected chi connectivity index (χ2v) is 4.66. The van der Waals surface area contributed by atoms with Crippen molar-refractivity contribution in [3.63, 3.8) is 0 Å². The molecule has 2 N–H and O–H groups in total. The summed E-state index contributed by atoms with van der Waals surface area (Å²) in [6.45, 7) is 2.34. The first-order valence-corrected chi connectivity index (χ1v) is 6.90. The van der Waals surface area contributed by atoms with Crippen LogP contribution >= 0.6 is 0 Å². The number of benzene rings is 1.